The molecule has 1 aromatic rings. The van der Waals surface area contributed by atoms with E-state index in [1.54, 1.807) is 4.90 Å². The number of halogens is 1. The second-order valence-electron chi connectivity index (χ2n) is 5.70. The molecule has 4 heteroatoms. The maximum absolute atomic E-state index is 12.1. The van der Waals surface area contributed by atoms with Crippen molar-refractivity contribution in [3.8, 4) is 0 Å². The van der Waals surface area contributed by atoms with Gasteiger partial charge in [0.05, 0.1) is 0 Å². The van der Waals surface area contributed by atoms with Crippen LogP contribution in [0.1, 0.15) is 25.8 Å². The van der Waals surface area contributed by atoms with Gasteiger partial charge in [-0.25, -0.2) is 0 Å². The third-order valence-electron chi connectivity index (χ3n) is 3.28. The lowest BCUT2D eigenvalue weighted by molar-refractivity contribution is -0.131. The molecule has 0 atom stereocenters. The minimum absolute atomic E-state index is 0.126. The second kappa shape index (κ2) is 7.06. The summed E-state index contributed by atoms with van der Waals surface area (Å²) in [4.78, 5) is 13.9. The molecule has 0 fully saturated rings. The zero-order valence-electron chi connectivity index (χ0n) is 11.9. The molecule has 19 heavy (non-hydrogen) atoms. The van der Waals surface area contributed by atoms with Crippen LogP contribution in [0.4, 0.5) is 0 Å². The maximum atomic E-state index is 12.1. The smallest absolute Gasteiger partial charge is 0.222 e. The first-order valence-corrected chi connectivity index (χ1v) is 7.32. The minimum atomic E-state index is -0.126. The van der Waals surface area contributed by atoms with Crippen molar-refractivity contribution in [3.63, 3.8) is 0 Å². The van der Waals surface area contributed by atoms with Gasteiger partial charge in [-0.1, -0.05) is 48.0 Å². The predicted octanol–water partition coefficient (Wildman–Crippen LogP) is 2.83. The summed E-state index contributed by atoms with van der Waals surface area (Å²) in [5, 5.41) is 0. The van der Waals surface area contributed by atoms with Gasteiger partial charge >= 0.3 is 0 Å². The highest BCUT2D eigenvalue weighted by Gasteiger charge is 2.22. The summed E-state index contributed by atoms with van der Waals surface area (Å²) >= 11 is 3.52. The van der Waals surface area contributed by atoms with Crippen molar-refractivity contribution in [2.45, 2.75) is 26.7 Å². The fourth-order valence-electron chi connectivity index (χ4n) is 1.73. The van der Waals surface area contributed by atoms with Gasteiger partial charge in [0.15, 0.2) is 0 Å². The molecule has 1 amide bonds. The Morgan fingerprint density at radius 1 is 1.37 bits per heavy atom. The van der Waals surface area contributed by atoms with E-state index in [4.69, 9.17) is 5.73 Å². The number of nitrogens with zero attached hydrogens (tertiary/aromatic N) is 1. The van der Waals surface area contributed by atoms with Crippen LogP contribution in [0.5, 0.6) is 0 Å². The fraction of sp³-hybridized carbons (Fsp3) is 0.533. The van der Waals surface area contributed by atoms with Crippen LogP contribution in [-0.2, 0) is 11.2 Å². The van der Waals surface area contributed by atoms with E-state index in [1.165, 1.54) is 5.56 Å². The van der Waals surface area contributed by atoms with Crippen LogP contribution in [0.3, 0.4) is 0 Å². The monoisotopic (exact) mass is 326 g/mol. The van der Waals surface area contributed by atoms with E-state index >= 15 is 0 Å². The first-order chi connectivity index (χ1) is 8.85. The van der Waals surface area contributed by atoms with E-state index in [0.29, 0.717) is 13.0 Å². The van der Waals surface area contributed by atoms with Crippen LogP contribution in [0.25, 0.3) is 0 Å². The molecule has 0 aliphatic carbocycles. The zero-order valence-corrected chi connectivity index (χ0v) is 13.5. The number of hydrogen-bond acceptors (Lipinski definition) is 2. The van der Waals surface area contributed by atoms with E-state index < -0.39 is 0 Å². The van der Waals surface area contributed by atoms with Gasteiger partial charge in [-0.15, -0.1) is 0 Å². The average Bonchev–Trinajstić information content (AvgIpc) is 2.37. The standard InChI is InChI=1S/C15H23BrN2O/c1-15(2,11-17)10-14(19)18(3)9-8-12-6-4-5-7-13(12)16/h4-7H,8-11,17H2,1-3H3. The molecular weight excluding hydrogens is 304 g/mol. The van der Waals surface area contributed by atoms with Gasteiger partial charge in [-0.3, -0.25) is 4.79 Å². The molecule has 0 bridgehead atoms. The third kappa shape index (κ3) is 5.33. The molecule has 0 radical (unpaired) electrons. The molecule has 1 rings (SSSR count). The van der Waals surface area contributed by atoms with Gasteiger partial charge in [0.25, 0.3) is 0 Å². The molecule has 0 spiro atoms. The molecule has 0 unspecified atom stereocenters. The Morgan fingerprint density at radius 2 is 2.00 bits per heavy atom. The first-order valence-electron chi connectivity index (χ1n) is 6.53. The number of likely N-dealkylation sites (N-methyl/N-ethyl adjacent to an activating group) is 1. The molecular formula is C15H23BrN2O. The number of carbonyl (C=O) groups is 1. The van der Waals surface area contributed by atoms with E-state index in [-0.39, 0.29) is 11.3 Å². The van der Waals surface area contributed by atoms with Crippen molar-refractivity contribution in [2.24, 2.45) is 11.1 Å². The molecule has 0 aliphatic rings. The van der Waals surface area contributed by atoms with Crippen LogP contribution in [0.15, 0.2) is 28.7 Å². The second-order valence-corrected chi connectivity index (χ2v) is 6.56. The van der Waals surface area contributed by atoms with E-state index in [1.807, 2.05) is 39.1 Å². The van der Waals surface area contributed by atoms with Crippen molar-refractivity contribution in [3.05, 3.63) is 34.3 Å². The molecule has 106 valence electrons. The van der Waals surface area contributed by atoms with Crippen molar-refractivity contribution in [1.29, 1.82) is 0 Å². The molecule has 0 saturated carbocycles. The number of amides is 1. The largest absolute Gasteiger partial charge is 0.345 e. The number of benzene rings is 1. The van der Waals surface area contributed by atoms with Crippen LogP contribution >= 0.6 is 15.9 Å². The predicted molar refractivity (Wildman–Crippen MR) is 82.9 cm³/mol. The van der Waals surface area contributed by atoms with Crippen molar-refractivity contribution < 1.29 is 4.79 Å². The lowest BCUT2D eigenvalue weighted by Crippen LogP contribution is -2.35. The Bertz CT molecular complexity index is 432. The lowest BCUT2D eigenvalue weighted by Gasteiger charge is -2.25. The first kappa shape index (κ1) is 16.2. The lowest BCUT2D eigenvalue weighted by atomic mass is 9.89. The zero-order chi connectivity index (χ0) is 14.5. The van der Waals surface area contributed by atoms with Crippen LogP contribution in [-0.4, -0.2) is 30.9 Å². The highest BCUT2D eigenvalue weighted by molar-refractivity contribution is 9.10. The van der Waals surface area contributed by atoms with Gasteiger partial charge in [-0.2, -0.15) is 0 Å². The molecule has 0 aliphatic heterocycles. The van der Waals surface area contributed by atoms with E-state index in [0.717, 1.165) is 17.4 Å². The Kier molecular flexibility index (Phi) is 6.01. The van der Waals surface area contributed by atoms with Gasteiger partial charge < -0.3 is 10.6 Å². The summed E-state index contributed by atoms with van der Waals surface area (Å²) in [6.45, 7) is 5.29. The minimum Gasteiger partial charge on any atom is -0.345 e. The number of rotatable bonds is 6. The summed E-state index contributed by atoms with van der Waals surface area (Å²) in [5.74, 6) is 0.155. The molecule has 1 aromatic carbocycles. The third-order valence-corrected chi connectivity index (χ3v) is 4.06. The molecule has 0 saturated heterocycles. The van der Waals surface area contributed by atoms with Crippen molar-refractivity contribution >= 4 is 21.8 Å². The summed E-state index contributed by atoms with van der Waals surface area (Å²) in [7, 11) is 1.85. The fourth-order valence-corrected chi connectivity index (χ4v) is 2.21. The number of hydrogen-bond donors (Lipinski definition) is 1. The van der Waals surface area contributed by atoms with Gasteiger partial charge in [0, 0.05) is 24.5 Å². The summed E-state index contributed by atoms with van der Waals surface area (Å²) in [5.41, 5.74) is 6.76. The van der Waals surface area contributed by atoms with Crippen molar-refractivity contribution in [2.75, 3.05) is 20.1 Å². The average molecular weight is 327 g/mol. The van der Waals surface area contributed by atoms with Gasteiger partial charge in [-0.05, 0) is 30.0 Å². The quantitative estimate of drug-likeness (QED) is 0.873. The van der Waals surface area contributed by atoms with Crippen LogP contribution < -0.4 is 5.73 Å². The molecule has 0 aromatic heterocycles. The molecule has 0 heterocycles. The molecule has 3 nitrogen and oxygen atoms in total. The summed E-state index contributed by atoms with van der Waals surface area (Å²) in [6.07, 6.45) is 1.35. The SMILES string of the molecule is CN(CCc1ccccc1Br)C(=O)CC(C)(C)CN. The van der Waals surface area contributed by atoms with Crippen LogP contribution in [0.2, 0.25) is 0 Å². The Hall–Kier alpha value is -0.870. The Morgan fingerprint density at radius 3 is 2.58 bits per heavy atom. The van der Waals surface area contributed by atoms with Crippen molar-refractivity contribution in [1.82, 2.24) is 4.90 Å². The maximum Gasteiger partial charge on any atom is 0.222 e. The van der Waals surface area contributed by atoms with Crippen LogP contribution in [0, 0.1) is 5.41 Å². The topological polar surface area (TPSA) is 46.3 Å². The number of carbonyl (C=O) groups excluding carboxylic acids is 1. The van der Waals surface area contributed by atoms with Gasteiger partial charge in [0.1, 0.15) is 0 Å². The van der Waals surface area contributed by atoms with Gasteiger partial charge in [0.2, 0.25) is 5.91 Å². The molecule has 2 N–H and O–H groups in total. The Labute approximate surface area is 124 Å². The highest BCUT2D eigenvalue weighted by atomic mass is 79.9. The summed E-state index contributed by atoms with van der Waals surface area (Å²) < 4.78 is 1.10. The van der Waals surface area contributed by atoms with E-state index in [2.05, 4.69) is 22.0 Å². The normalized spacial score (nSPS) is 11.4. The summed E-state index contributed by atoms with van der Waals surface area (Å²) in [6, 6.07) is 8.10. The highest BCUT2D eigenvalue weighted by Crippen LogP contribution is 2.20. The Balaban J connectivity index is 2.50. The van der Waals surface area contributed by atoms with E-state index in [9.17, 15) is 4.79 Å². The number of nitrogens with two attached hydrogens (primary N) is 1.